The van der Waals surface area contributed by atoms with Gasteiger partial charge in [0.15, 0.2) is 5.82 Å². The van der Waals surface area contributed by atoms with Gasteiger partial charge in [-0.1, -0.05) is 30.5 Å². The second-order valence-corrected chi connectivity index (χ2v) is 5.94. The van der Waals surface area contributed by atoms with Crippen LogP contribution in [-0.4, -0.2) is 27.3 Å². The van der Waals surface area contributed by atoms with E-state index in [0.717, 1.165) is 18.5 Å². The third kappa shape index (κ3) is 3.84. The molecule has 1 aliphatic rings. The highest BCUT2D eigenvalue weighted by Gasteiger charge is 2.22. The smallest absolute Gasteiger partial charge is 0.244 e. The Morgan fingerprint density at radius 2 is 2.09 bits per heavy atom. The molecule has 1 heterocycles. The summed E-state index contributed by atoms with van der Waals surface area (Å²) in [5.74, 6) is 1.11. The lowest BCUT2D eigenvalue weighted by Gasteiger charge is -2.29. The second-order valence-electron chi connectivity index (χ2n) is 5.50. The molecule has 0 aliphatic heterocycles. The number of hydrogen-bond acceptors (Lipinski definition) is 6. The SMILES string of the molecule is N[C@H]1CCCC[C@H]1Nc1nncc(Nc2cccc(Cl)c2)n1. The molecule has 0 amide bonds. The van der Waals surface area contributed by atoms with Gasteiger partial charge in [0.05, 0.1) is 6.20 Å². The van der Waals surface area contributed by atoms with Crippen molar-refractivity contribution in [3.05, 3.63) is 35.5 Å². The summed E-state index contributed by atoms with van der Waals surface area (Å²) in [5, 5.41) is 15.1. The van der Waals surface area contributed by atoms with Crippen LogP contribution in [0.1, 0.15) is 25.7 Å². The first-order valence-electron chi connectivity index (χ1n) is 7.45. The predicted molar refractivity (Wildman–Crippen MR) is 88.4 cm³/mol. The predicted octanol–water partition coefficient (Wildman–Crippen LogP) is 2.95. The standard InChI is InChI=1S/C15H19ClN6/c16-10-4-3-5-11(8-10)19-14-9-18-22-15(21-14)20-13-7-2-1-6-12(13)17/h3-5,8-9,12-13H,1-2,6-7,17H2,(H2,19,20,21,22)/t12-,13+/m0/s1. The fourth-order valence-electron chi connectivity index (χ4n) is 2.64. The zero-order valence-corrected chi connectivity index (χ0v) is 12.9. The molecular formula is C15H19ClN6. The summed E-state index contributed by atoms with van der Waals surface area (Å²) in [4.78, 5) is 4.43. The lowest BCUT2D eigenvalue weighted by atomic mass is 9.91. The topological polar surface area (TPSA) is 88.8 Å². The number of nitrogens with zero attached hydrogens (tertiary/aromatic N) is 3. The van der Waals surface area contributed by atoms with Crippen molar-refractivity contribution in [3.63, 3.8) is 0 Å². The highest BCUT2D eigenvalue weighted by Crippen LogP contribution is 2.21. The molecule has 1 fully saturated rings. The maximum atomic E-state index is 6.14. The van der Waals surface area contributed by atoms with Crippen LogP contribution in [0.15, 0.2) is 30.5 Å². The second kappa shape index (κ2) is 6.89. The molecule has 1 aliphatic carbocycles. The Labute approximate surface area is 134 Å². The van der Waals surface area contributed by atoms with Crippen molar-refractivity contribution >= 4 is 29.1 Å². The fourth-order valence-corrected chi connectivity index (χ4v) is 2.83. The molecule has 1 aromatic heterocycles. The quantitative estimate of drug-likeness (QED) is 0.803. The van der Waals surface area contributed by atoms with Gasteiger partial charge in [0.1, 0.15) is 0 Å². The zero-order valence-electron chi connectivity index (χ0n) is 12.2. The molecule has 0 radical (unpaired) electrons. The number of rotatable bonds is 4. The molecular weight excluding hydrogens is 300 g/mol. The average molecular weight is 319 g/mol. The van der Waals surface area contributed by atoms with Gasteiger partial charge in [-0.05, 0) is 31.0 Å². The number of benzene rings is 1. The third-order valence-electron chi connectivity index (χ3n) is 3.79. The Morgan fingerprint density at radius 3 is 2.91 bits per heavy atom. The largest absolute Gasteiger partial charge is 0.349 e. The van der Waals surface area contributed by atoms with Crippen LogP contribution in [0.25, 0.3) is 0 Å². The van der Waals surface area contributed by atoms with E-state index in [1.165, 1.54) is 12.8 Å². The maximum Gasteiger partial charge on any atom is 0.244 e. The van der Waals surface area contributed by atoms with Crippen molar-refractivity contribution < 1.29 is 0 Å². The van der Waals surface area contributed by atoms with E-state index in [1.807, 2.05) is 24.3 Å². The molecule has 2 atom stereocenters. The van der Waals surface area contributed by atoms with Crippen molar-refractivity contribution in [1.29, 1.82) is 0 Å². The lowest BCUT2D eigenvalue weighted by molar-refractivity contribution is 0.402. The molecule has 2 aromatic rings. The van der Waals surface area contributed by atoms with Gasteiger partial charge in [-0.15, -0.1) is 5.10 Å². The zero-order chi connectivity index (χ0) is 15.4. The summed E-state index contributed by atoms with van der Waals surface area (Å²) in [6.45, 7) is 0. The monoisotopic (exact) mass is 318 g/mol. The van der Waals surface area contributed by atoms with E-state index < -0.39 is 0 Å². The highest BCUT2D eigenvalue weighted by molar-refractivity contribution is 6.30. The van der Waals surface area contributed by atoms with E-state index >= 15 is 0 Å². The highest BCUT2D eigenvalue weighted by atomic mass is 35.5. The van der Waals surface area contributed by atoms with E-state index in [2.05, 4.69) is 25.8 Å². The van der Waals surface area contributed by atoms with Gasteiger partial charge in [0.25, 0.3) is 0 Å². The van der Waals surface area contributed by atoms with Crippen LogP contribution in [-0.2, 0) is 0 Å². The Bertz CT molecular complexity index is 635. The first-order chi connectivity index (χ1) is 10.7. The van der Waals surface area contributed by atoms with E-state index in [-0.39, 0.29) is 12.1 Å². The van der Waals surface area contributed by atoms with Gasteiger partial charge in [-0.25, -0.2) is 0 Å². The summed E-state index contributed by atoms with van der Waals surface area (Å²) in [6, 6.07) is 7.78. The molecule has 1 aromatic carbocycles. The Kier molecular flexibility index (Phi) is 4.70. The number of nitrogens with one attached hydrogen (secondary N) is 2. The van der Waals surface area contributed by atoms with Gasteiger partial charge in [0.2, 0.25) is 5.95 Å². The maximum absolute atomic E-state index is 6.14. The normalized spacial score (nSPS) is 21.4. The van der Waals surface area contributed by atoms with Crippen LogP contribution < -0.4 is 16.4 Å². The number of nitrogens with two attached hydrogens (primary N) is 1. The fraction of sp³-hybridized carbons (Fsp3) is 0.400. The molecule has 6 nitrogen and oxygen atoms in total. The molecule has 0 unspecified atom stereocenters. The van der Waals surface area contributed by atoms with E-state index in [9.17, 15) is 0 Å². The van der Waals surface area contributed by atoms with Crippen LogP contribution in [0.3, 0.4) is 0 Å². The van der Waals surface area contributed by atoms with Gasteiger partial charge in [0, 0.05) is 22.8 Å². The van der Waals surface area contributed by atoms with E-state index in [0.29, 0.717) is 16.8 Å². The van der Waals surface area contributed by atoms with Crippen LogP contribution in [0.4, 0.5) is 17.5 Å². The van der Waals surface area contributed by atoms with Gasteiger partial charge < -0.3 is 16.4 Å². The van der Waals surface area contributed by atoms with Crippen LogP contribution in [0.2, 0.25) is 5.02 Å². The molecule has 22 heavy (non-hydrogen) atoms. The van der Waals surface area contributed by atoms with Gasteiger partial charge >= 0.3 is 0 Å². The first-order valence-corrected chi connectivity index (χ1v) is 7.83. The van der Waals surface area contributed by atoms with Crippen molar-refractivity contribution in [3.8, 4) is 0 Å². The van der Waals surface area contributed by atoms with Crippen molar-refractivity contribution in [2.75, 3.05) is 10.6 Å². The Balaban J connectivity index is 1.69. The van der Waals surface area contributed by atoms with E-state index in [1.54, 1.807) is 6.20 Å². The summed E-state index contributed by atoms with van der Waals surface area (Å²) >= 11 is 5.97. The van der Waals surface area contributed by atoms with Gasteiger partial charge in [-0.3, -0.25) is 0 Å². The first kappa shape index (κ1) is 15.0. The summed E-state index contributed by atoms with van der Waals surface area (Å²) < 4.78 is 0. The lowest BCUT2D eigenvalue weighted by Crippen LogP contribution is -2.43. The van der Waals surface area contributed by atoms with Crippen LogP contribution in [0.5, 0.6) is 0 Å². The molecule has 7 heteroatoms. The third-order valence-corrected chi connectivity index (χ3v) is 4.02. The van der Waals surface area contributed by atoms with Crippen molar-refractivity contribution in [2.24, 2.45) is 5.73 Å². The molecule has 0 saturated heterocycles. The molecule has 1 saturated carbocycles. The number of anilines is 3. The van der Waals surface area contributed by atoms with Crippen LogP contribution >= 0.6 is 11.6 Å². The minimum absolute atomic E-state index is 0.141. The summed E-state index contributed by atoms with van der Waals surface area (Å²) in [6.07, 6.45) is 6.02. The average Bonchev–Trinajstić information content (AvgIpc) is 2.50. The number of hydrogen-bond donors (Lipinski definition) is 3. The summed E-state index contributed by atoms with van der Waals surface area (Å²) in [7, 11) is 0. The minimum atomic E-state index is 0.141. The number of aromatic nitrogens is 3. The van der Waals surface area contributed by atoms with E-state index in [4.69, 9.17) is 17.3 Å². The Morgan fingerprint density at radius 1 is 1.23 bits per heavy atom. The van der Waals surface area contributed by atoms with Crippen molar-refractivity contribution in [1.82, 2.24) is 15.2 Å². The molecule has 0 bridgehead atoms. The molecule has 3 rings (SSSR count). The Hall–Kier alpha value is -1.92. The molecule has 4 N–H and O–H groups in total. The summed E-state index contributed by atoms with van der Waals surface area (Å²) in [5.41, 5.74) is 6.99. The molecule has 0 spiro atoms. The van der Waals surface area contributed by atoms with Crippen LogP contribution in [0, 0.1) is 0 Å². The van der Waals surface area contributed by atoms with Gasteiger partial charge in [-0.2, -0.15) is 10.1 Å². The van der Waals surface area contributed by atoms with Crippen molar-refractivity contribution in [2.45, 2.75) is 37.8 Å². The minimum Gasteiger partial charge on any atom is -0.349 e. The molecule has 116 valence electrons. The number of halogens is 1.